The predicted molar refractivity (Wildman–Crippen MR) is 157 cm³/mol. The van der Waals surface area contributed by atoms with Gasteiger partial charge >= 0.3 is 5.97 Å². The Kier molecular flexibility index (Phi) is 7.04. The second-order valence-electron chi connectivity index (χ2n) is 16.0. The molecule has 0 amide bonds. The molecule has 0 aromatic rings. The first-order chi connectivity index (χ1) is 21.0. The van der Waals surface area contributed by atoms with Crippen LogP contribution in [0.1, 0.15) is 110 Å². The Morgan fingerprint density at radius 2 is 1.75 bits per heavy atom. The van der Waals surface area contributed by atoms with Crippen molar-refractivity contribution in [3.05, 3.63) is 11.6 Å². The molecule has 244 valence electrons. The van der Waals surface area contributed by atoms with Gasteiger partial charge in [-0.3, -0.25) is 0 Å². The zero-order valence-electron chi connectivity index (χ0n) is 26.3. The van der Waals surface area contributed by atoms with E-state index in [0.717, 1.165) is 56.8 Å². The molecule has 0 aromatic carbocycles. The van der Waals surface area contributed by atoms with Crippen molar-refractivity contribution in [3.63, 3.8) is 0 Å². The summed E-state index contributed by atoms with van der Waals surface area (Å²) in [6, 6.07) is 0. The summed E-state index contributed by atoms with van der Waals surface area (Å²) >= 11 is 0. The molecule has 12 atom stereocenters. The summed E-state index contributed by atoms with van der Waals surface area (Å²) < 4.78 is 31.2. The smallest absolute Gasteiger partial charge is 0.331 e. The lowest BCUT2D eigenvalue weighted by Gasteiger charge is -2.65. The number of ether oxygens (including phenoxy) is 5. The minimum absolute atomic E-state index is 0.0600. The monoisotopic (exact) mass is 614 g/mol. The van der Waals surface area contributed by atoms with Crippen LogP contribution in [-0.2, 0) is 33.3 Å². The first kappa shape index (κ1) is 30.0. The topological polar surface area (TPSA) is 121 Å². The van der Waals surface area contributed by atoms with E-state index in [0.29, 0.717) is 51.6 Å². The van der Waals surface area contributed by atoms with Crippen LogP contribution in [0.15, 0.2) is 11.6 Å². The zero-order valence-corrected chi connectivity index (χ0v) is 26.3. The van der Waals surface area contributed by atoms with Gasteiger partial charge in [0, 0.05) is 37.2 Å². The highest BCUT2D eigenvalue weighted by Crippen LogP contribution is 2.70. The number of cyclic esters (lactones) is 1. The molecule has 44 heavy (non-hydrogen) atoms. The van der Waals surface area contributed by atoms with Gasteiger partial charge in [0.1, 0.15) is 19.0 Å². The Hall–Kier alpha value is -1.36. The van der Waals surface area contributed by atoms with E-state index >= 15 is 0 Å². The van der Waals surface area contributed by atoms with E-state index in [9.17, 15) is 19.8 Å². The molecule has 9 nitrogen and oxygen atoms in total. The maximum absolute atomic E-state index is 13.2. The van der Waals surface area contributed by atoms with Gasteiger partial charge in [-0.2, -0.15) is 0 Å². The third-order valence-corrected chi connectivity index (χ3v) is 14.1. The second kappa shape index (κ2) is 10.3. The molecule has 0 bridgehead atoms. The molecular weight excluding hydrogens is 564 g/mol. The molecule has 5 aliphatic carbocycles. The van der Waals surface area contributed by atoms with Gasteiger partial charge in [0.05, 0.1) is 34.9 Å². The van der Waals surface area contributed by atoms with Crippen molar-refractivity contribution < 1.29 is 43.5 Å². The molecule has 8 rings (SSSR count). The Morgan fingerprint density at radius 3 is 2.50 bits per heavy atom. The number of hydrogen-bond donors (Lipinski definition) is 2. The SMILES string of the molecule is C[C@@H]1O[C@H](O[C@H]2CC[C@]3(C=O)[C@H]4CC[C@]5(C)[C@@H](C6=CC(=O)OC6)CC[C@]5(O)[C@@H]4CC[C@]3(O)C2)C[C@@H]2OC3(CCCCC3)O[C@H]12. The molecular formula is C35H50O9. The van der Waals surface area contributed by atoms with E-state index in [4.69, 9.17) is 23.7 Å². The number of rotatable bonds is 4. The quantitative estimate of drug-likeness (QED) is 0.268. The van der Waals surface area contributed by atoms with Crippen molar-refractivity contribution in [3.8, 4) is 0 Å². The van der Waals surface area contributed by atoms with Crippen molar-refractivity contribution in [2.45, 2.75) is 158 Å². The fourth-order valence-corrected chi connectivity index (χ4v) is 11.9. The lowest BCUT2D eigenvalue weighted by Crippen LogP contribution is -2.69. The lowest BCUT2D eigenvalue weighted by molar-refractivity contribution is -0.278. The van der Waals surface area contributed by atoms with Crippen LogP contribution in [0.2, 0.25) is 0 Å². The maximum atomic E-state index is 13.2. The number of carbonyl (C=O) groups excluding carboxylic acids is 2. The van der Waals surface area contributed by atoms with E-state index in [1.165, 1.54) is 6.42 Å². The van der Waals surface area contributed by atoms with Crippen molar-refractivity contribution in [2.75, 3.05) is 6.61 Å². The van der Waals surface area contributed by atoms with Crippen LogP contribution >= 0.6 is 0 Å². The fraction of sp³-hybridized carbons (Fsp3) is 0.886. The van der Waals surface area contributed by atoms with Gasteiger partial charge in [-0.25, -0.2) is 4.79 Å². The van der Waals surface area contributed by atoms with Crippen molar-refractivity contribution in [1.29, 1.82) is 0 Å². The van der Waals surface area contributed by atoms with Gasteiger partial charge < -0.3 is 38.7 Å². The normalized spacial score (nSPS) is 52.8. The van der Waals surface area contributed by atoms with E-state index in [-0.39, 0.29) is 53.6 Å². The van der Waals surface area contributed by atoms with E-state index in [1.54, 1.807) is 6.08 Å². The minimum Gasteiger partial charge on any atom is -0.458 e. The Bertz CT molecular complexity index is 1210. The van der Waals surface area contributed by atoms with Crippen LogP contribution in [0, 0.1) is 28.6 Å². The van der Waals surface area contributed by atoms with Crippen LogP contribution in [0.5, 0.6) is 0 Å². The average molecular weight is 615 g/mol. The van der Waals surface area contributed by atoms with Crippen LogP contribution in [0.25, 0.3) is 0 Å². The fourth-order valence-electron chi connectivity index (χ4n) is 11.9. The van der Waals surface area contributed by atoms with Crippen molar-refractivity contribution in [1.82, 2.24) is 0 Å². The number of fused-ring (bicyclic) bond motifs is 6. The molecule has 1 spiro atoms. The number of carbonyl (C=O) groups is 2. The molecule has 3 heterocycles. The first-order valence-corrected chi connectivity index (χ1v) is 17.5. The first-order valence-electron chi connectivity index (χ1n) is 17.5. The maximum Gasteiger partial charge on any atom is 0.331 e. The highest BCUT2D eigenvalue weighted by atomic mass is 16.8. The molecule has 8 aliphatic rings. The Labute approximate surface area is 260 Å². The van der Waals surface area contributed by atoms with Crippen molar-refractivity contribution in [2.24, 2.45) is 28.6 Å². The van der Waals surface area contributed by atoms with Crippen molar-refractivity contribution >= 4 is 12.3 Å². The van der Waals surface area contributed by atoms with Gasteiger partial charge in [0.25, 0.3) is 0 Å². The van der Waals surface area contributed by atoms with Gasteiger partial charge in [-0.1, -0.05) is 13.3 Å². The standard InChI is InChI=1S/C35H50O9/c1-21-30-27(43-34(44-30)10-4-3-5-11-34)17-29(41-21)42-23-6-13-32(20-36)25-7-12-31(2)24(22-16-28(37)40-19-22)9-15-35(31,39)26(25)8-14-33(32,38)18-23/h16,20-21,23-27,29-30,38-39H,3-15,17-19H2,1-2H3/t21-,23-,24+,25-,26+,27-,29+,30+,31+,32-,33-,35-/m0/s1. The summed E-state index contributed by atoms with van der Waals surface area (Å²) in [5.74, 6) is -0.828. The lowest BCUT2D eigenvalue weighted by atomic mass is 9.41. The van der Waals surface area contributed by atoms with Crippen LogP contribution < -0.4 is 0 Å². The van der Waals surface area contributed by atoms with Gasteiger partial charge in [-0.15, -0.1) is 0 Å². The third kappa shape index (κ3) is 4.18. The Balaban J connectivity index is 0.971. The summed E-state index contributed by atoms with van der Waals surface area (Å²) in [4.78, 5) is 25.1. The second-order valence-corrected chi connectivity index (χ2v) is 16.0. The molecule has 2 saturated heterocycles. The van der Waals surface area contributed by atoms with Crippen LogP contribution in [-0.4, -0.2) is 76.8 Å². The molecule has 9 heteroatoms. The van der Waals surface area contributed by atoms with Crippen LogP contribution in [0.4, 0.5) is 0 Å². The molecule has 3 aliphatic heterocycles. The summed E-state index contributed by atoms with van der Waals surface area (Å²) in [5.41, 5.74) is -2.42. The van der Waals surface area contributed by atoms with E-state index < -0.39 is 28.7 Å². The molecule has 2 N–H and O–H groups in total. The highest BCUT2D eigenvalue weighted by molar-refractivity contribution is 5.85. The average Bonchev–Trinajstić information content (AvgIpc) is 3.66. The molecule has 5 saturated carbocycles. The molecule has 0 aromatic heterocycles. The van der Waals surface area contributed by atoms with Gasteiger partial charge in [-0.05, 0) is 94.5 Å². The summed E-state index contributed by atoms with van der Waals surface area (Å²) in [6.07, 6.45) is 13.4. The third-order valence-electron chi connectivity index (χ3n) is 14.1. The van der Waals surface area contributed by atoms with E-state index in [1.807, 2.05) is 6.92 Å². The van der Waals surface area contributed by atoms with Gasteiger partial charge in [0.15, 0.2) is 12.1 Å². The van der Waals surface area contributed by atoms with Gasteiger partial charge in [0.2, 0.25) is 0 Å². The molecule has 0 unspecified atom stereocenters. The number of aldehydes is 1. The minimum atomic E-state index is -1.18. The summed E-state index contributed by atoms with van der Waals surface area (Å²) in [6.45, 7) is 4.52. The molecule has 7 fully saturated rings. The van der Waals surface area contributed by atoms with E-state index in [2.05, 4.69) is 6.92 Å². The zero-order chi connectivity index (χ0) is 30.5. The number of esters is 1. The number of aliphatic hydroxyl groups is 2. The largest absolute Gasteiger partial charge is 0.458 e. The predicted octanol–water partition coefficient (Wildman–Crippen LogP) is 4.50. The molecule has 0 radical (unpaired) electrons. The number of hydrogen-bond acceptors (Lipinski definition) is 9. The van der Waals surface area contributed by atoms with Crippen LogP contribution in [0.3, 0.4) is 0 Å². The Morgan fingerprint density at radius 1 is 0.955 bits per heavy atom. The summed E-state index contributed by atoms with van der Waals surface area (Å²) in [7, 11) is 0. The summed E-state index contributed by atoms with van der Waals surface area (Å²) in [5, 5.41) is 24.8. The highest BCUT2D eigenvalue weighted by Gasteiger charge is 2.71.